The van der Waals surface area contributed by atoms with Crippen LogP contribution in [0.15, 0.2) is 46.7 Å². The van der Waals surface area contributed by atoms with Crippen LogP contribution < -0.4 is 0 Å². The Morgan fingerprint density at radius 1 is 1.19 bits per heavy atom. The molecular formula is C20H32O5SSi. The lowest BCUT2D eigenvalue weighted by Crippen LogP contribution is -2.41. The van der Waals surface area contributed by atoms with E-state index >= 15 is 0 Å². The first kappa shape index (κ1) is 23.6. The first-order valence-corrected chi connectivity index (χ1v) is 13.6. The van der Waals surface area contributed by atoms with Crippen LogP contribution in [-0.2, 0) is 23.8 Å². The Bertz CT molecular complexity index is 733. The van der Waals surface area contributed by atoms with E-state index < -0.39 is 30.2 Å². The fourth-order valence-electron chi connectivity index (χ4n) is 2.12. The third-order valence-corrected chi connectivity index (χ3v) is 10.7. The van der Waals surface area contributed by atoms with Crippen LogP contribution in [0.4, 0.5) is 0 Å². The predicted molar refractivity (Wildman–Crippen MR) is 111 cm³/mol. The van der Waals surface area contributed by atoms with Crippen LogP contribution in [0.25, 0.3) is 0 Å². The summed E-state index contributed by atoms with van der Waals surface area (Å²) in [7, 11) is -5.38. The van der Waals surface area contributed by atoms with Crippen LogP contribution in [0.1, 0.15) is 40.5 Å². The van der Waals surface area contributed by atoms with E-state index in [1.165, 1.54) is 25.1 Å². The lowest BCUT2D eigenvalue weighted by molar-refractivity contribution is -0.144. The smallest absolute Gasteiger partial charge is 0.303 e. The lowest BCUT2D eigenvalue weighted by atomic mass is 10.2. The normalized spacial score (nSPS) is 14.3. The molecule has 1 rings (SSSR count). The number of benzene rings is 1. The van der Waals surface area contributed by atoms with E-state index in [4.69, 9.17) is 9.16 Å². The number of ether oxygens (including phenoxy) is 1. The second-order valence-corrected chi connectivity index (χ2v) is 14.7. The molecule has 0 amide bonds. The minimum atomic E-state index is -3.56. The van der Waals surface area contributed by atoms with Gasteiger partial charge >= 0.3 is 5.97 Å². The summed E-state index contributed by atoms with van der Waals surface area (Å²) in [5.74, 6) is -0.438. The van der Waals surface area contributed by atoms with Crippen molar-refractivity contribution in [2.24, 2.45) is 0 Å². The van der Waals surface area contributed by atoms with E-state index in [0.717, 1.165) is 5.41 Å². The van der Waals surface area contributed by atoms with Gasteiger partial charge in [-0.3, -0.25) is 4.79 Å². The standard InChI is InChI=1S/C20H32O5SSi/c1-17(21)25-18(11-10-15-24-27(5,6)20(2,3)4)14-16-26(22,23)19-12-8-7-9-13-19/h7-9,12-14,16,18H,10-11,15H2,1-6H3/b16-14+. The maximum Gasteiger partial charge on any atom is 0.303 e. The van der Waals surface area contributed by atoms with Crippen molar-refractivity contribution in [1.82, 2.24) is 0 Å². The number of hydrogen-bond donors (Lipinski definition) is 0. The van der Waals surface area contributed by atoms with Gasteiger partial charge in [0, 0.05) is 18.9 Å². The summed E-state index contributed by atoms with van der Waals surface area (Å²) in [5.41, 5.74) is 0. The summed E-state index contributed by atoms with van der Waals surface area (Å²) in [6, 6.07) is 8.17. The van der Waals surface area contributed by atoms with Gasteiger partial charge in [0.25, 0.3) is 0 Å². The highest BCUT2D eigenvalue weighted by atomic mass is 32.2. The van der Waals surface area contributed by atoms with Crippen LogP contribution in [0.3, 0.4) is 0 Å². The van der Waals surface area contributed by atoms with Gasteiger partial charge in [0.15, 0.2) is 18.2 Å². The molecular weight excluding hydrogens is 380 g/mol. The highest BCUT2D eigenvalue weighted by molar-refractivity contribution is 7.94. The average Bonchev–Trinajstić information content (AvgIpc) is 2.55. The molecule has 0 fully saturated rings. The molecule has 0 bridgehead atoms. The molecule has 5 nitrogen and oxygen atoms in total. The van der Waals surface area contributed by atoms with Gasteiger partial charge in [0.2, 0.25) is 0 Å². The fourth-order valence-corrected chi connectivity index (χ4v) is 4.28. The zero-order valence-corrected chi connectivity index (χ0v) is 19.0. The summed E-state index contributed by atoms with van der Waals surface area (Å²) in [4.78, 5) is 11.6. The molecule has 0 aromatic heterocycles. The zero-order valence-electron chi connectivity index (χ0n) is 17.2. The van der Waals surface area contributed by atoms with Gasteiger partial charge < -0.3 is 9.16 Å². The summed E-state index contributed by atoms with van der Waals surface area (Å²) in [6.45, 7) is 12.8. The Balaban J connectivity index is 2.70. The summed E-state index contributed by atoms with van der Waals surface area (Å²) in [5, 5.41) is 1.25. The van der Waals surface area contributed by atoms with Gasteiger partial charge in [-0.15, -0.1) is 0 Å². The summed E-state index contributed by atoms with van der Waals surface area (Å²) < 4.78 is 36.1. The van der Waals surface area contributed by atoms with Gasteiger partial charge in [-0.25, -0.2) is 8.42 Å². The average molecular weight is 413 g/mol. The van der Waals surface area contributed by atoms with Crippen molar-refractivity contribution < 1.29 is 22.4 Å². The maximum atomic E-state index is 12.3. The first-order valence-electron chi connectivity index (χ1n) is 9.15. The highest BCUT2D eigenvalue weighted by Crippen LogP contribution is 2.36. The van der Waals surface area contributed by atoms with Crippen molar-refractivity contribution in [2.75, 3.05) is 6.61 Å². The molecule has 1 unspecified atom stereocenters. The Morgan fingerprint density at radius 3 is 2.30 bits per heavy atom. The maximum absolute atomic E-state index is 12.3. The predicted octanol–water partition coefficient (Wildman–Crippen LogP) is 4.71. The molecule has 0 spiro atoms. The molecule has 0 aliphatic rings. The molecule has 1 aromatic carbocycles. The minimum Gasteiger partial charge on any atom is -0.458 e. The molecule has 1 aromatic rings. The van der Waals surface area contributed by atoms with E-state index in [2.05, 4.69) is 33.9 Å². The molecule has 0 aliphatic carbocycles. The second-order valence-electron chi connectivity index (χ2n) is 8.09. The number of hydrogen-bond acceptors (Lipinski definition) is 5. The Morgan fingerprint density at radius 2 is 1.78 bits per heavy atom. The molecule has 152 valence electrons. The number of carbonyl (C=O) groups excluding carboxylic acids is 1. The number of carbonyl (C=O) groups is 1. The molecule has 0 saturated carbocycles. The van der Waals surface area contributed by atoms with Gasteiger partial charge in [0.05, 0.1) is 4.90 Å². The third-order valence-electron chi connectivity index (χ3n) is 4.76. The minimum absolute atomic E-state index is 0.131. The second kappa shape index (κ2) is 9.66. The lowest BCUT2D eigenvalue weighted by Gasteiger charge is -2.36. The number of sulfone groups is 1. The monoisotopic (exact) mass is 412 g/mol. The van der Waals surface area contributed by atoms with E-state index in [0.29, 0.717) is 19.4 Å². The van der Waals surface area contributed by atoms with Crippen molar-refractivity contribution >= 4 is 24.1 Å². The van der Waals surface area contributed by atoms with Crippen molar-refractivity contribution in [3.8, 4) is 0 Å². The Hall–Kier alpha value is -1.44. The topological polar surface area (TPSA) is 69.7 Å². The van der Waals surface area contributed by atoms with E-state index in [-0.39, 0.29) is 9.93 Å². The molecule has 27 heavy (non-hydrogen) atoms. The van der Waals surface area contributed by atoms with Crippen molar-refractivity contribution in [2.45, 2.75) is 69.7 Å². The van der Waals surface area contributed by atoms with Gasteiger partial charge in [0.1, 0.15) is 6.10 Å². The van der Waals surface area contributed by atoms with Crippen LogP contribution in [0.5, 0.6) is 0 Å². The molecule has 0 saturated heterocycles. The molecule has 0 radical (unpaired) electrons. The fraction of sp³-hybridized carbons (Fsp3) is 0.550. The Labute approximate surface area is 164 Å². The molecule has 0 heterocycles. The van der Waals surface area contributed by atoms with Crippen LogP contribution in [0, 0.1) is 0 Å². The molecule has 1 atom stereocenters. The number of esters is 1. The first-order chi connectivity index (χ1) is 12.3. The van der Waals surface area contributed by atoms with Gasteiger partial charge in [-0.05, 0) is 49.2 Å². The largest absolute Gasteiger partial charge is 0.458 e. The van der Waals surface area contributed by atoms with E-state index in [1.54, 1.807) is 18.2 Å². The van der Waals surface area contributed by atoms with Gasteiger partial charge in [-0.2, -0.15) is 0 Å². The zero-order chi connectivity index (χ0) is 20.7. The van der Waals surface area contributed by atoms with Crippen molar-refractivity contribution in [3.05, 3.63) is 41.8 Å². The van der Waals surface area contributed by atoms with Crippen LogP contribution in [-0.4, -0.2) is 35.4 Å². The molecule has 0 aliphatic heterocycles. The van der Waals surface area contributed by atoms with Crippen molar-refractivity contribution in [3.63, 3.8) is 0 Å². The SMILES string of the molecule is CC(=O)OC(/C=C/S(=O)(=O)c1ccccc1)CCCO[Si](C)(C)C(C)(C)C. The van der Waals surface area contributed by atoms with Crippen LogP contribution >= 0.6 is 0 Å². The van der Waals surface area contributed by atoms with E-state index in [1.807, 2.05) is 0 Å². The highest BCUT2D eigenvalue weighted by Gasteiger charge is 2.36. The quantitative estimate of drug-likeness (QED) is 0.334. The van der Waals surface area contributed by atoms with E-state index in [9.17, 15) is 13.2 Å². The van der Waals surface area contributed by atoms with Crippen LogP contribution in [0.2, 0.25) is 18.1 Å². The summed E-state index contributed by atoms with van der Waals surface area (Å²) >= 11 is 0. The number of rotatable bonds is 9. The third kappa shape index (κ3) is 7.99. The molecule has 0 N–H and O–H groups in total. The van der Waals surface area contributed by atoms with Crippen molar-refractivity contribution in [1.29, 1.82) is 0 Å². The molecule has 7 heteroatoms. The van der Waals surface area contributed by atoms with Gasteiger partial charge in [-0.1, -0.05) is 39.0 Å². The summed E-state index contributed by atoms with van der Waals surface area (Å²) in [6.07, 6.45) is 2.04. The Kier molecular flexibility index (Phi) is 8.44.